The van der Waals surface area contributed by atoms with Gasteiger partial charge in [0, 0.05) is 50.3 Å². The van der Waals surface area contributed by atoms with E-state index in [0.717, 1.165) is 0 Å². The van der Waals surface area contributed by atoms with Gasteiger partial charge >= 0.3 is 0 Å². The molecule has 9 atom stereocenters. The van der Waals surface area contributed by atoms with Gasteiger partial charge in [-0.1, -0.05) is 6.08 Å². The van der Waals surface area contributed by atoms with Crippen molar-refractivity contribution in [3.63, 3.8) is 0 Å². The first kappa shape index (κ1) is 27.8. The van der Waals surface area contributed by atoms with Crippen molar-refractivity contribution in [2.75, 3.05) is 54.5 Å². The summed E-state index contributed by atoms with van der Waals surface area (Å²) in [5.74, 6) is 0.832. The van der Waals surface area contributed by atoms with Crippen LogP contribution in [0.4, 0.5) is 17.8 Å². The maximum absolute atomic E-state index is 10.9. The quantitative estimate of drug-likeness (QED) is 0.151. The Morgan fingerprint density at radius 1 is 0.919 bits per heavy atom. The summed E-state index contributed by atoms with van der Waals surface area (Å²) in [5, 5.41) is 34.0. The molecule has 15 heteroatoms. The molecule has 15 nitrogen and oxygen atoms in total. The zero-order valence-electron chi connectivity index (χ0n) is 20.8. The number of aromatic nitrogens is 3. The first-order valence-corrected chi connectivity index (χ1v) is 12.6. The number of aliphatic hydroxyl groups excluding tert-OH is 3. The predicted octanol–water partition coefficient (Wildman–Crippen LogP) is -3.98. The van der Waals surface area contributed by atoms with Crippen molar-refractivity contribution in [2.24, 2.45) is 22.9 Å². The standard InChI is InChI=1S/C22H40N10O5/c1-2-3-36-19-16(18(35)17(34)15(10-33)37-19)27-20-28-21(31-6-11(23)4-12(24)7-31)30-22(29-20)32-8-13(25)5-14(26)9-32/h2,11-19,33-35H,1,3-10,23-26H2,(H,27,28,29,30)/t11-,12+,13-,14+,15?,16?,17?,18?,19?. The maximum Gasteiger partial charge on any atom is 0.232 e. The lowest BCUT2D eigenvalue weighted by molar-refractivity contribution is -0.259. The smallest absolute Gasteiger partial charge is 0.232 e. The number of aliphatic hydroxyl groups is 3. The fourth-order valence-corrected chi connectivity index (χ4v) is 5.08. The minimum absolute atomic E-state index is 0.116. The Kier molecular flexibility index (Phi) is 9.10. The Labute approximate surface area is 215 Å². The fraction of sp³-hybridized carbons (Fsp3) is 0.773. The van der Waals surface area contributed by atoms with E-state index in [1.54, 1.807) is 0 Å². The second-order valence-corrected chi connectivity index (χ2v) is 10.1. The van der Waals surface area contributed by atoms with E-state index in [-0.39, 0.29) is 36.7 Å². The van der Waals surface area contributed by atoms with Gasteiger partial charge in [0.05, 0.1) is 13.2 Å². The first-order chi connectivity index (χ1) is 17.7. The van der Waals surface area contributed by atoms with Gasteiger partial charge in [-0.25, -0.2) is 0 Å². The van der Waals surface area contributed by atoms with Crippen LogP contribution in [-0.4, -0.2) is 124 Å². The van der Waals surface area contributed by atoms with Crippen LogP contribution in [0, 0.1) is 0 Å². The first-order valence-electron chi connectivity index (χ1n) is 12.6. The summed E-state index contributed by atoms with van der Waals surface area (Å²) in [7, 11) is 0. The predicted molar refractivity (Wildman–Crippen MR) is 137 cm³/mol. The van der Waals surface area contributed by atoms with Crippen LogP contribution >= 0.6 is 0 Å². The summed E-state index contributed by atoms with van der Waals surface area (Å²) in [6, 6.07) is -1.56. The molecule has 3 aliphatic heterocycles. The van der Waals surface area contributed by atoms with Crippen LogP contribution in [-0.2, 0) is 9.47 Å². The van der Waals surface area contributed by atoms with Crippen LogP contribution < -0.4 is 38.1 Å². The highest BCUT2D eigenvalue weighted by Crippen LogP contribution is 2.27. The second-order valence-electron chi connectivity index (χ2n) is 10.1. The SMILES string of the molecule is C=CCOC1OC(CO)C(O)C(O)C1Nc1nc(N2C[C@H](N)C[C@H](N)C2)nc(N2C[C@H](N)C[C@H](N)C2)n1. The Bertz CT molecular complexity index is 850. The van der Waals surface area contributed by atoms with Gasteiger partial charge in [-0.3, -0.25) is 0 Å². The van der Waals surface area contributed by atoms with Gasteiger partial charge in [-0.2, -0.15) is 15.0 Å². The van der Waals surface area contributed by atoms with Crippen molar-refractivity contribution in [3.8, 4) is 0 Å². The summed E-state index contributed by atoms with van der Waals surface area (Å²) in [5.41, 5.74) is 24.8. The summed E-state index contributed by atoms with van der Waals surface area (Å²) in [6.07, 6.45) is -1.90. The van der Waals surface area contributed by atoms with E-state index in [1.807, 2.05) is 9.80 Å². The molecule has 5 unspecified atom stereocenters. The lowest BCUT2D eigenvalue weighted by Crippen LogP contribution is -2.62. The second kappa shape index (κ2) is 12.1. The molecule has 12 N–H and O–H groups in total. The van der Waals surface area contributed by atoms with Crippen LogP contribution in [0.2, 0.25) is 0 Å². The van der Waals surface area contributed by atoms with Crippen LogP contribution in [0.1, 0.15) is 12.8 Å². The Balaban J connectivity index is 1.67. The average molecular weight is 525 g/mol. The van der Waals surface area contributed by atoms with E-state index in [1.165, 1.54) is 6.08 Å². The van der Waals surface area contributed by atoms with Crippen molar-refractivity contribution in [1.29, 1.82) is 0 Å². The molecule has 3 fully saturated rings. The highest BCUT2D eigenvalue weighted by molar-refractivity contribution is 5.47. The normalized spacial score (nSPS) is 36.9. The molecule has 1 aromatic rings. The van der Waals surface area contributed by atoms with Crippen LogP contribution in [0.25, 0.3) is 0 Å². The van der Waals surface area contributed by atoms with Crippen molar-refractivity contribution in [3.05, 3.63) is 12.7 Å². The zero-order valence-corrected chi connectivity index (χ0v) is 20.8. The number of anilines is 3. The number of nitrogens with two attached hydrogens (primary N) is 4. The molecule has 3 aliphatic rings. The van der Waals surface area contributed by atoms with Gasteiger partial charge in [0.1, 0.15) is 24.4 Å². The number of rotatable bonds is 8. The molecule has 1 aromatic heterocycles. The lowest BCUT2D eigenvalue weighted by atomic mass is 9.97. The lowest BCUT2D eigenvalue weighted by Gasteiger charge is -2.42. The molecule has 4 heterocycles. The minimum atomic E-state index is -1.37. The highest BCUT2D eigenvalue weighted by atomic mass is 16.7. The molecule has 0 spiro atoms. The van der Waals surface area contributed by atoms with Crippen molar-refractivity contribution >= 4 is 17.8 Å². The third-order valence-corrected chi connectivity index (χ3v) is 6.76. The van der Waals surface area contributed by atoms with E-state index in [4.69, 9.17) is 32.4 Å². The monoisotopic (exact) mass is 524 g/mol. The topological polar surface area (TPSA) is 240 Å². The molecule has 0 aliphatic carbocycles. The number of nitrogens with one attached hydrogen (secondary N) is 1. The molecule has 0 saturated carbocycles. The Morgan fingerprint density at radius 2 is 1.43 bits per heavy atom. The summed E-state index contributed by atoms with van der Waals surface area (Å²) >= 11 is 0. The summed E-state index contributed by atoms with van der Waals surface area (Å²) in [4.78, 5) is 17.7. The van der Waals surface area contributed by atoms with Crippen molar-refractivity contribution in [2.45, 2.75) is 67.7 Å². The van der Waals surface area contributed by atoms with Gasteiger partial charge in [0.15, 0.2) is 6.29 Å². The summed E-state index contributed by atoms with van der Waals surface area (Å²) in [6.45, 7) is 5.28. The van der Waals surface area contributed by atoms with Gasteiger partial charge in [0.2, 0.25) is 17.8 Å². The number of nitrogens with zero attached hydrogens (tertiary/aromatic N) is 5. The molecule has 0 amide bonds. The van der Waals surface area contributed by atoms with E-state index in [9.17, 15) is 15.3 Å². The molecular weight excluding hydrogens is 484 g/mol. The molecular formula is C22H40N10O5. The molecule has 3 saturated heterocycles. The third-order valence-electron chi connectivity index (χ3n) is 6.76. The van der Waals surface area contributed by atoms with E-state index in [0.29, 0.717) is 50.9 Å². The number of ether oxygens (including phenoxy) is 2. The summed E-state index contributed by atoms with van der Waals surface area (Å²) < 4.78 is 11.4. The van der Waals surface area contributed by atoms with Crippen molar-refractivity contribution < 1.29 is 24.8 Å². The van der Waals surface area contributed by atoms with E-state index < -0.39 is 37.3 Å². The molecule has 0 radical (unpaired) electrons. The van der Waals surface area contributed by atoms with Crippen LogP contribution in [0.3, 0.4) is 0 Å². The van der Waals surface area contributed by atoms with Gasteiger partial charge < -0.3 is 62.8 Å². The third kappa shape index (κ3) is 6.63. The van der Waals surface area contributed by atoms with E-state index in [2.05, 4.69) is 26.8 Å². The molecule has 0 aromatic carbocycles. The number of hydrogen-bond acceptors (Lipinski definition) is 15. The van der Waals surface area contributed by atoms with Crippen LogP contribution in [0.5, 0.6) is 0 Å². The fourth-order valence-electron chi connectivity index (χ4n) is 5.08. The Hall–Kier alpha value is -2.21. The molecule has 37 heavy (non-hydrogen) atoms. The van der Waals surface area contributed by atoms with Crippen LogP contribution in [0.15, 0.2) is 12.7 Å². The zero-order chi connectivity index (χ0) is 26.7. The molecule has 0 bridgehead atoms. The van der Waals surface area contributed by atoms with Gasteiger partial charge in [0.25, 0.3) is 0 Å². The van der Waals surface area contributed by atoms with E-state index >= 15 is 0 Å². The minimum Gasteiger partial charge on any atom is -0.394 e. The van der Waals surface area contributed by atoms with Crippen molar-refractivity contribution in [1.82, 2.24) is 15.0 Å². The largest absolute Gasteiger partial charge is 0.394 e. The molecule has 208 valence electrons. The number of hydrogen-bond donors (Lipinski definition) is 8. The van der Waals surface area contributed by atoms with Gasteiger partial charge in [-0.05, 0) is 12.8 Å². The number of piperidine rings is 2. The average Bonchev–Trinajstić information content (AvgIpc) is 2.85. The Morgan fingerprint density at radius 3 is 1.89 bits per heavy atom. The highest BCUT2D eigenvalue weighted by Gasteiger charge is 2.45. The molecule has 4 rings (SSSR count). The maximum atomic E-state index is 10.9. The van der Waals surface area contributed by atoms with Gasteiger partial charge in [-0.15, -0.1) is 6.58 Å².